The van der Waals surface area contributed by atoms with E-state index in [2.05, 4.69) is 55.5 Å². The van der Waals surface area contributed by atoms with Gasteiger partial charge in [-0.15, -0.1) is 11.3 Å². The minimum absolute atomic E-state index is 0.325. The van der Waals surface area contributed by atoms with Crippen molar-refractivity contribution in [2.45, 2.75) is 39.5 Å². The van der Waals surface area contributed by atoms with E-state index in [9.17, 15) is 0 Å². The molecule has 1 aromatic heterocycles. The zero-order valence-electron chi connectivity index (χ0n) is 12.0. The molecule has 0 aliphatic heterocycles. The Kier molecular flexibility index (Phi) is 7.51. The molecule has 18 heavy (non-hydrogen) atoms. The van der Waals surface area contributed by atoms with Crippen LogP contribution in [-0.4, -0.2) is 43.8 Å². The molecular formula is C14H26N2OS. The third-order valence-corrected chi connectivity index (χ3v) is 3.84. The summed E-state index contributed by atoms with van der Waals surface area (Å²) in [6, 6.07) is 4.80. The van der Waals surface area contributed by atoms with Crippen LogP contribution < -0.4 is 5.32 Å². The first-order valence-corrected chi connectivity index (χ1v) is 7.52. The quantitative estimate of drug-likeness (QED) is 0.746. The average Bonchev–Trinajstić information content (AvgIpc) is 2.81. The monoisotopic (exact) mass is 270 g/mol. The van der Waals surface area contributed by atoms with Crippen LogP contribution in [0.5, 0.6) is 0 Å². The maximum atomic E-state index is 5.57. The molecule has 0 radical (unpaired) electrons. The van der Waals surface area contributed by atoms with Gasteiger partial charge in [-0.25, -0.2) is 0 Å². The minimum atomic E-state index is 0.325. The Morgan fingerprint density at radius 3 is 2.78 bits per heavy atom. The first-order valence-electron chi connectivity index (χ1n) is 6.64. The number of likely N-dealkylation sites (N-methyl/N-ethyl adjacent to an activating group) is 1. The molecule has 0 aliphatic carbocycles. The SMILES string of the molecule is CC(C)OCCN(C)C(C)CNCc1cccs1. The van der Waals surface area contributed by atoms with Crippen molar-refractivity contribution in [2.24, 2.45) is 0 Å². The molecule has 0 saturated heterocycles. The summed E-state index contributed by atoms with van der Waals surface area (Å²) in [5, 5.41) is 5.62. The maximum absolute atomic E-state index is 5.57. The van der Waals surface area contributed by atoms with Crippen molar-refractivity contribution in [3.63, 3.8) is 0 Å². The highest BCUT2D eigenvalue weighted by atomic mass is 32.1. The van der Waals surface area contributed by atoms with E-state index in [0.29, 0.717) is 12.1 Å². The number of nitrogens with one attached hydrogen (secondary N) is 1. The van der Waals surface area contributed by atoms with Crippen LogP contribution in [0.15, 0.2) is 17.5 Å². The lowest BCUT2D eigenvalue weighted by atomic mass is 10.3. The van der Waals surface area contributed by atoms with Gasteiger partial charge in [0, 0.05) is 30.6 Å². The summed E-state index contributed by atoms with van der Waals surface area (Å²) < 4.78 is 5.57. The highest BCUT2D eigenvalue weighted by molar-refractivity contribution is 7.09. The zero-order chi connectivity index (χ0) is 13.4. The van der Waals surface area contributed by atoms with Crippen LogP contribution in [-0.2, 0) is 11.3 Å². The van der Waals surface area contributed by atoms with Gasteiger partial charge in [-0.3, -0.25) is 0 Å². The topological polar surface area (TPSA) is 24.5 Å². The Bertz CT molecular complexity index is 301. The van der Waals surface area contributed by atoms with Gasteiger partial charge in [0.25, 0.3) is 0 Å². The van der Waals surface area contributed by atoms with E-state index in [1.165, 1.54) is 4.88 Å². The summed E-state index contributed by atoms with van der Waals surface area (Å²) in [5.41, 5.74) is 0. The van der Waals surface area contributed by atoms with E-state index in [1.807, 2.05) is 0 Å². The summed E-state index contributed by atoms with van der Waals surface area (Å²) in [7, 11) is 2.15. The van der Waals surface area contributed by atoms with Crippen LogP contribution in [0.4, 0.5) is 0 Å². The second-order valence-electron chi connectivity index (χ2n) is 4.96. The number of ether oxygens (including phenoxy) is 1. The lowest BCUT2D eigenvalue weighted by molar-refractivity contribution is 0.0573. The van der Waals surface area contributed by atoms with Crippen molar-refractivity contribution in [3.8, 4) is 0 Å². The van der Waals surface area contributed by atoms with Crippen molar-refractivity contribution < 1.29 is 4.74 Å². The van der Waals surface area contributed by atoms with Crippen LogP contribution in [0.3, 0.4) is 0 Å². The van der Waals surface area contributed by atoms with Gasteiger partial charge in [0.1, 0.15) is 0 Å². The third kappa shape index (κ3) is 6.50. The second-order valence-corrected chi connectivity index (χ2v) is 5.99. The van der Waals surface area contributed by atoms with E-state index in [4.69, 9.17) is 4.74 Å². The van der Waals surface area contributed by atoms with Gasteiger partial charge in [-0.1, -0.05) is 6.07 Å². The molecule has 1 unspecified atom stereocenters. The number of hydrogen-bond donors (Lipinski definition) is 1. The molecule has 1 rings (SSSR count). The fourth-order valence-corrected chi connectivity index (χ4v) is 2.30. The smallest absolute Gasteiger partial charge is 0.0596 e. The molecule has 0 aromatic carbocycles. The molecule has 104 valence electrons. The van der Waals surface area contributed by atoms with Crippen molar-refractivity contribution in [2.75, 3.05) is 26.7 Å². The van der Waals surface area contributed by atoms with Gasteiger partial charge in [-0.05, 0) is 39.3 Å². The summed E-state index contributed by atoms with van der Waals surface area (Å²) in [6.45, 7) is 10.2. The summed E-state index contributed by atoms with van der Waals surface area (Å²) in [6.07, 6.45) is 0.325. The van der Waals surface area contributed by atoms with Gasteiger partial charge < -0.3 is 15.0 Å². The first-order chi connectivity index (χ1) is 8.59. The molecule has 1 N–H and O–H groups in total. The van der Waals surface area contributed by atoms with Crippen LogP contribution in [0.25, 0.3) is 0 Å². The van der Waals surface area contributed by atoms with Crippen molar-refractivity contribution in [3.05, 3.63) is 22.4 Å². The highest BCUT2D eigenvalue weighted by Gasteiger charge is 2.08. The lowest BCUT2D eigenvalue weighted by Crippen LogP contribution is -2.39. The standard InChI is InChI=1S/C14H26N2OS/c1-12(2)17-8-7-16(4)13(3)10-15-11-14-6-5-9-18-14/h5-6,9,12-13,15H,7-8,10-11H2,1-4H3. The van der Waals surface area contributed by atoms with E-state index >= 15 is 0 Å². The number of rotatable bonds is 9. The fraction of sp³-hybridized carbons (Fsp3) is 0.714. The number of thiophene rings is 1. The second kappa shape index (κ2) is 8.64. The van der Waals surface area contributed by atoms with Gasteiger partial charge in [0.15, 0.2) is 0 Å². The van der Waals surface area contributed by atoms with Gasteiger partial charge >= 0.3 is 0 Å². The summed E-state index contributed by atoms with van der Waals surface area (Å²) >= 11 is 1.80. The molecular weight excluding hydrogens is 244 g/mol. The summed E-state index contributed by atoms with van der Waals surface area (Å²) in [4.78, 5) is 3.73. The minimum Gasteiger partial charge on any atom is -0.377 e. The van der Waals surface area contributed by atoms with Gasteiger partial charge in [-0.2, -0.15) is 0 Å². The average molecular weight is 270 g/mol. The third-order valence-electron chi connectivity index (χ3n) is 2.97. The molecule has 3 nitrogen and oxygen atoms in total. The van der Waals surface area contributed by atoms with Crippen molar-refractivity contribution >= 4 is 11.3 Å². The highest BCUT2D eigenvalue weighted by Crippen LogP contribution is 2.07. The largest absolute Gasteiger partial charge is 0.377 e. The molecule has 0 amide bonds. The zero-order valence-corrected chi connectivity index (χ0v) is 12.8. The Morgan fingerprint density at radius 1 is 1.39 bits per heavy atom. The predicted octanol–water partition coefficient (Wildman–Crippen LogP) is 2.58. The molecule has 0 bridgehead atoms. The molecule has 0 spiro atoms. The Morgan fingerprint density at radius 2 is 2.17 bits per heavy atom. The van der Waals surface area contributed by atoms with Gasteiger partial charge in [0.2, 0.25) is 0 Å². The molecule has 0 aliphatic rings. The van der Waals surface area contributed by atoms with Crippen molar-refractivity contribution in [1.29, 1.82) is 0 Å². The maximum Gasteiger partial charge on any atom is 0.0596 e. The van der Waals surface area contributed by atoms with E-state index in [1.54, 1.807) is 11.3 Å². The first kappa shape index (κ1) is 15.6. The Hall–Kier alpha value is -0.420. The lowest BCUT2D eigenvalue weighted by Gasteiger charge is -2.25. The normalized spacial score (nSPS) is 13.4. The predicted molar refractivity (Wildman–Crippen MR) is 79.2 cm³/mol. The molecule has 1 atom stereocenters. The number of hydrogen-bond acceptors (Lipinski definition) is 4. The van der Waals surface area contributed by atoms with Crippen molar-refractivity contribution in [1.82, 2.24) is 10.2 Å². The molecule has 1 aromatic rings. The van der Waals surface area contributed by atoms with E-state index < -0.39 is 0 Å². The molecule has 4 heteroatoms. The molecule has 1 heterocycles. The van der Waals surface area contributed by atoms with Crippen LogP contribution in [0.2, 0.25) is 0 Å². The van der Waals surface area contributed by atoms with Crippen LogP contribution in [0.1, 0.15) is 25.6 Å². The van der Waals surface area contributed by atoms with E-state index in [-0.39, 0.29) is 0 Å². The van der Waals surface area contributed by atoms with Crippen LogP contribution in [0, 0.1) is 0 Å². The summed E-state index contributed by atoms with van der Waals surface area (Å²) in [5.74, 6) is 0. The molecule has 0 saturated carbocycles. The Labute approximate surface area is 115 Å². The Balaban J connectivity index is 2.09. The fourth-order valence-electron chi connectivity index (χ4n) is 1.63. The molecule has 0 fully saturated rings. The number of nitrogens with zero attached hydrogens (tertiary/aromatic N) is 1. The van der Waals surface area contributed by atoms with Crippen LogP contribution >= 0.6 is 11.3 Å². The van der Waals surface area contributed by atoms with E-state index in [0.717, 1.165) is 26.2 Å². The van der Waals surface area contributed by atoms with Gasteiger partial charge in [0.05, 0.1) is 12.7 Å².